The van der Waals surface area contributed by atoms with E-state index in [0.717, 1.165) is 12.1 Å². The van der Waals surface area contributed by atoms with Crippen molar-refractivity contribution in [3.8, 4) is 5.75 Å². The number of benzene rings is 2. The number of hydrogen-bond acceptors (Lipinski definition) is 4. The van der Waals surface area contributed by atoms with Crippen molar-refractivity contribution in [3.63, 3.8) is 0 Å². The SMILES string of the molecule is Cc1cccnc1C(=O)Oc1cccc2nn(Cc3cccc(C(F)(F)F)c3)cc12. The highest BCUT2D eigenvalue weighted by Crippen LogP contribution is 2.30. The molecule has 0 unspecified atom stereocenters. The second-order valence-corrected chi connectivity index (χ2v) is 6.77. The van der Waals surface area contributed by atoms with Crippen LogP contribution in [0.3, 0.4) is 0 Å². The number of rotatable bonds is 4. The molecule has 0 spiro atoms. The van der Waals surface area contributed by atoms with Crippen LogP contribution in [0.4, 0.5) is 13.2 Å². The van der Waals surface area contributed by atoms with E-state index in [1.165, 1.54) is 16.9 Å². The van der Waals surface area contributed by atoms with Gasteiger partial charge in [0.1, 0.15) is 5.75 Å². The van der Waals surface area contributed by atoms with Gasteiger partial charge in [-0.25, -0.2) is 9.78 Å². The maximum atomic E-state index is 12.9. The summed E-state index contributed by atoms with van der Waals surface area (Å²) in [6, 6.07) is 13.6. The zero-order chi connectivity index (χ0) is 21.3. The Labute approximate surface area is 169 Å². The molecule has 0 aliphatic heterocycles. The lowest BCUT2D eigenvalue weighted by Gasteiger charge is -2.08. The van der Waals surface area contributed by atoms with Crippen LogP contribution < -0.4 is 4.74 Å². The fourth-order valence-corrected chi connectivity index (χ4v) is 3.12. The number of esters is 1. The molecule has 0 atom stereocenters. The van der Waals surface area contributed by atoms with E-state index in [-0.39, 0.29) is 12.2 Å². The van der Waals surface area contributed by atoms with E-state index in [4.69, 9.17) is 4.74 Å². The largest absolute Gasteiger partial charge is 0.421 e. The molecular weight excluding hydrogens is 395 g/mol. The van der Waals surface area contributed by atoms with Crippen molar-refractivity contribution in [2.75, 3.05) is 0 Å². The molecule has 0 fully saturated rings. The van der Waals surface area contributed by atoms with Crippen LogP contribution in [-0.2, 0) is 12.7 Å². The molecule has 0 saturated heterocycles. The lowest BCUT2D eigenvalue weighted by molar-refractivity contribution is -0.137. The lowest BCUT2D eigenvalue weighted by atomic mass is 10.1. The minimum absolute atomic E-state index is 0.144. The van der Waals surface area contributed by atoms with Crippen LogP contribution in [0.5, 0.6) is 5.75 Å². The second-order valence-electron chi connectivity index (χ2n) is 6.77. The zero-order valence-corrected chi connectivity index (χ0v) is 15.8. The van der Waals surface area contributed by atoms with Gasteiger partial charge in [0.2, 0.25) is 0 Å². The highest BCUT2D eigenvalue weighted by atomic mass is 19.4. The lowest BCUT2D eigenvalue weighted by Crippen LogP contribution is -2.12. The number of halogens is 3. The van der Waals surface area contributed by atoms with E-state index in [1.54, 1.807) is 49.5 Å². The minimum Gasteiger partial charge on any atom is -0.421 e. The van der Waals surface area contributed by atoms with E-state index in [2.05, 4.69) is 10.1 Å². The number of hydrogen-bond donors (Lipinski definition) is 0. The standard InChI is InChI=1S/C22H16F3N3O2/c1-14-5-4-10-26-20(14)21(29)30-19-9-3-8-18-17(19)13-28(27-18)12-15-6-2-7-16(11-15)22(23,24)25/h2-11,13H,12H2,1H3. The van der Waals surface area contributed by atoms with Gasteiger partial charge in [0, 0.05) is 12.4 Å². The fourth-order valence-electron chi connectivity index (χ4n) is 3.12. The highest BCUT2D eigenvalue weighted by Gasteiger charge is 2.30. The number of ether oxygens (including phenoxy) is 1. The third kappa shape index (κ3) is 4.03. The number of pyridine rings is 1. The van der Waals surface area contributed by atoms with Crippen molar-refractivity contribution in [2.24, 2.45) is 0 Å². The van der Waals surface area contributed by atoms with Gasteiger partial charge in [-0.2, -0.15) is 18.3 Å². The molecule has 4 rings (SSSR count). The first-order valence-corrected chi connectivity index (χ1v) is 9.07. The Kier molecular flexibility index (Phi) is 4.99. The predicted molar refractivity (Wildman–Crippen MR) is 104 cm³/mol. The average Bonchev–Trinajstić information content (AvgIpc) is 3.11. The van der Waals surface area contributed by atoms with Crippen molar-refractivity contribution in [3.05, 3.63) is 89.4 Å². The summed E-state index contributed by atoms with van der Waals surface area (Å²) in [5, 5.41) is 4.96. The Bertz CT molecular complexity index is 1230. The molecule has 5 nitrogen and oxygen atoms in total. The van der Waals surface area contributed by atoms with Gasteiger partial charge in [0.25, 0.3) is 0 Å². The van der Waals surface area contributed by atoms with E-state index in [1.807, 2.05) is 0 Å². The Morgan fingerprint density at radius 3 is 2.67 bits per heavy atom. The van der Waals surface area contributed by atoms with Crippen LogP contribution in [0.25, 0.3) is 10.9 Å². The Morgan fingerprint density at radius 2 is 1.90 bits per heavy atom. The molecule has 0 radical (unpaired) electrons. The molecule has 0 aliphatic rings. The Hall–Kier alpha value is -3.68. The number of nitrogens with zero attached hydrogens (tertiary/aromatic N) is 3. The summed E-state index contributed by atoms with van der Waals surface area (Å²) in [5.41, 5.74) is 1.21. The molecule has 0 bridgehead atoms. The van der Waals surface area contributed by atoms with Gasteiger partial charge in [0.15, 0.2) is 5.69 Å². The maximum Gasteiger partial charge on any atom is 0.416 e. The smallest absolute Gasteiger partial charge is 0.416 e. The van der Waals surface area contributed by atoms with Crippen molar-refractivity contribution < 1.29 is 22.7 Å². The summed E-state index contributed by atoms with van der Waals surface area (Å²) in [4.78, 5) is 16.5. The molecule has 8 heteroatoms. The number of carbonyl (C=O) groups is 1. The number of carbonyl (C=O) groups excluding carboxylic acids is 1. The molecule has 0 amide bonds. The van der Waals surface area contributed by atoms with Crippen molar-refractivity contribution in [2.45, 2.75) is 19.6 Å². The third-order valence-corrected chi connectivity index (χ3v) is 4.56. The first kappa shape index (κ1) is 19.6. The van der Waals surface area contributed by atoms with Gasteiger partial charge < -0.3 is 4.74 Å². The third-order valence-electron chi connectivity index (χ3n) is 4.56. The monoisotopic (exact) mass is 411 g/mol. The zero-order valence-electron chi connectivity index (χ0n) is 15.8. The summed E-state index contributed by atoms with van der Waals surface area (Å²) in [6.45, 7) is 1.91. The topological polar surface area (TPSA) is 57.0 Å². The summed E-state index contributed by atoms with van der Waals surface area (Å²) in [6.07, 6.45) is -1.25. The van der Waals surface area contributed by atoms with Crippen LogP contribution in [0.1, 0.15) is 27.2 Å². The van der Waals surface area contributed by atoms with Gasteiger partial charge in [-0.1, -0.05) is 24.3 Å². The number of fused-ring (bicyclic) bond motifs is 1. The summed E-state index contributed by atoms with van der Waals surface area (Å²) < 4.78 is 45.9. The molecule has 2 heterocycles. The molecule has 0 aliphatic carbocycles. The second kappa shape index (κ2) is 7.62. The van der Waals surface area contributed by atoms with Gasteiger partial charge >= 0.3 is 12.1 Å². The molecule has 4 aromatic rings. The molecule has 0 N–H and O–H groups in total. The maximum absolute atomic E-state index is 12.9. The predicted octanol–water partition coefficient (Wildman–Crippen LogP) is 5.03. The number of aromatic nitrogens is 3. The fraction of sp³-hybridized carbons (Fsp3) is 0.136. The molecule has 0 saturated carbocycles. The van der Waals surface area contributed by atoms with Crippen LogP contribution in [0.2, 0.25) is 0 Å². The van der Waals surface area contributed by atoms with Gasteiger partial charge in [-0.15, -0.1) is 0 Å². The first-order valence-electron chi connectivity index (χ1n) is 9.07. The molecule has 2 aromatic carbocycles. The summed E-state index contributed by atoms with van der Waals surface area (Å²) >= 11 is 0. The Balaban J connectivity index is 1.61. The van der Waals surface area contributed by atoms with E-state index < -0.39 is 17.7 Å². The molecule has 30 heavy (non-hydrogen) atoms. The van der Waals surface area contributed by atoms with Crippen molar-refractivity contribution in [1.29, 1.82) is 0 Å². The number of aryl methyl sites for hydroxylation is 1. The summed E-state index contributed by atoms with van der Waals surface area (Å²) in [7, 11) is 0. The molecular formula is C22H16F3N3O2. The van der Waals surface area contributed by atoms with E-state index >= 15 is 0 Å². The van der Waals surface area contributed by atoms with Crippen LogP contribution >= 0.6 is 0 Å². The van der Waals surface area contributed by atoms with Crippen LogP contribution in [0.15, 0.2) is 67.0 Å². The van der Waals surface area contributed by atoms with Gasteiger partial charge in [-0.3, -0.25) is 4.68 Å². The normalized spacial score (nSPS) is 11.6. The summed E-state index contributed by atoms with van der Waals surface area (Å²) in [5.74, 6) is -0.288. The van der Waals surface area contributed by atoms with Crippen LogP contribution in [-0.4, -0.2) is 20.7 Å². The van der Waals surface area contributed by atoms with Crippen LogP contribution in [0, 0.1) is 6.92 Å². The van der Waals surface area contributed by atoms with E-state index in [0.29, 0.717) is 27.8 Å². The quantitative estimate of drug-likeness (QED) is 0.349. The minimum atomic E-state index is -4.41. The first-order chi connectivity index (χ1) is 14.3. The average molecular weight is 411 g/mol. The van der Waals surface area contributed by atoms with Crippen molar-refractivity contribution in [1.82, 2.24) is 14.8 Å². The molecule has 152 valence electrons. The Morgan fingerprint density at radius 1 is 1.10 bits per heavy atom. The molecule has 2 aromatic heterocycles. The van der Waals surface area contributed by atoms with Crippen molar-refractivity contribution >= 4 is 16.9 Å². The van der Waals surface area contributed by atoms with Gasteiger partial charge in [-0.05, 0) is 48.4 Å². The number of alkyl halides is 3. The van der Waals surface area contributed by atoms with E-state index in [9.17, 15) is 18.0 Å². The van der Waals surface area contributed by atoms with Gasteiger partial charge in [0.05, 0.1) is 23.0 Å². The highest BCUT2D eigenvalue weighted by molar-refractivity contribution is 5.94.